The molecule has 1 unspecified atom stereocenters. The Morgan fingerprint density at radius 2 is 2.09 bits per heavy atom. The maximum Gasteiger partial charge on any atom is 0.191 e. The third kappa shape index (κ3) is 9.12. The Labute approximate surface area is 152 Å². The van der Waals surface area contributed by atoms with Gasteiger partial charge >= 0.3 is 0 Å². The quantitative estimate of drug-likeness (QED) is 0.238. The summed E-state index contributed by atoms with van der Waals surface area (Å²) in [6.07, 6.45) is 3.56. The molecule has 0 aromatic heterocycles. The molecule has 1 atom stereocenters. The van der Waals surface area contributed by atoms with E-state index in [1.807, 2.05) is 7.05 Å². The Hall–Kier alpha value is -0.120. The summed E-state index contributed by atoms with van der Waals surface area (Å²) in [4.78, 5) is 6.79. The van der Waals surface area contributed by atoms with Crippen molar-refractivity contribution in [2.75, 3.05) is 60.2 Å². The third-order valence-electron chi connectivity index (χ3n) is 3.82. The van der Waals surface area contributed by atoms with Crippen molar-refractivity contribution < 1.29 is 9.47 Å². The average molecular weight is 428 g/mol. The van der Waals surface area contributed by atoms with Crippen molar-refractivity contribution >= 4 is 29.9 Å². The molecule has 0 saturated carbocycles. The van der Waals surface area contributed by atoms with E-state index in [0.717, 1.165) is 38.6 Å². The highest BCUT2D eigenvalue weighted by Crippen LogP contribution is 2.15. The van der Waals surface area contributed by atoms with Crippen molar-refractivity contribution in [3.8, 4) is 0 Å². The summed E-state index contributed by atoms with van der Waals surface area (Å²) in [5.74, 6) is 0.884. The number of rotatable bonds is 10. The van der Waals surface area contributed by atoms with E-state index in [4.69, 9.17) is 9.47 Å². The van der Waals surface area contributed by atoms with Crippen molar-refractivity contribution in [2.45, 2.75) is 32.2 Å². The number of aliphatic imine (C=N–C) groups is 1. The predicted octanol–water partition coefficient (Wildman–Crippen LogP) is 1.31. The van der Waals surface area contributed by atoms with Crippen LogP contribution in [0.1, 0.15) is 26.2 Å². The topological polar surface area (TPSA) is 58.1 Å². The molecule has 0 bridgehead atoms. The number of nitrogens with one attached hydrogen (secondary N) is 2. The molecule has 0 spiro atoms. The fourth-order valence-electron chi connectivity index (χ4n) is 2.60. The van der Waals surface area contributed by atoms with E-state index < -0.39 is 0 Å². The van der Waals surface area contributed by atoms with Gasteiger partial charge in [0.1, 0.15) is 0 Å². The molecule has 22 heavy (non-hydrogen) atoms. The van der Waals surface area contributed by atoms with E-state index in [9.17, 15) is 0 Å². The SMILES string of the molecule is CCN1CCCC1CNC(=NC)NCCCOCCOC.I. The standard InChI is InChI=1S/C15H32N4O2.HI/c1-4-19-9-5-7-14(19)13-18-15(16-2)17-8-6-10-21-12-11-20-3;/h14H,4-13H2,1-3H3,(H2,16,17,18);1H. The van der Waals surface area contributed by atoms with Crippen LogP contribution in [0.25, 0.3) is 0 Å². The van der Waals surface area contributed by atoms with Crippen LogP contribution in [0, 0.1) is 0 Å². The maximum absolute atomic E-state index is 5.43. The number of nitrogens with zero attached hydrogens (tertiary/aromatic N) is 2. The Balaban J connectivity index is 0.00000441. The summed E-state index contributed by atoms with van der Waals surface area (Å²) < 4.78 is 10.4. The van der Waals surface area contributed by atoms with Crippen LogP contribution in [-0.2, 0) is 9.47 Å². The maximum atomic E-state index is 5.43. The molecular weight excluding hydrogens is 395 g/mol. The average Bonchev–Trinajstić information content (AvgIpc) is 2.97. The molecule has 1 fully saturated rings. The fraction of sp³-hybridized carbons (Fsp3) is 0.933. The van der Waals surface area contributed by atoms with Crippen molar-refractivity contribution in [1.82, 2.24) is 15.5 Å². The van der Waals surface area contributed by atoms with Gasteiger partial charge in [0.05, 0.1) is 13.2 Å². The van der Waals surface area contributed by atoms with Gasteiger partial charge in [0.2, 0.25) is 0 Å². The number of hydrogen-bond acceptors (Lipinski definition) is 4. The van der Waals surface area contributed by atoms with Crippen LogP contribution >= 0.6 is 24.0 Å². The van der Waals surface area contributed by atoms with E-state index in [-0.39, 0.29) is 24.0 Å². The van der Waals surface area contributed by atoms with E-state index in [0.29, 0.717) is 19.3 Å². The Kier molecular flexibility index (Phi) is 14.4. The monoisotopic (exact) mass is 428 g/mol. The zero-order valence-electron chi connectivity index (χ0n) is 14.3. The molecule has 1 saturated heterocycles. The third-order valence-corrected chi connectivity index (χ3v) is 3.82. The number of halogens is 1. The first-order valence-electron chi connectivity index (χ1n) is 8.07. The lowest BCUT2D eigenvalue weighted by Crippen LogP contribution is -2.45. The normalized spacial score (nSPS) is 19.0. The van der Waals surface area contributed by atoms with Gasteiger partial charge in [0, 0.05) is 39.9 Å². The molecule has 132 valence electrons. The first-order valence-corrected chi connectivity index (χ1v) is 8.07. The minimum atomic E-state index is 0. The molecule has 0 aliphatic carbocycles. The van der Waals surface area contributed by atoms with Crippen LogP contribution in [0.3, 0.4) is 0 Å². The molecule has 2 N–H and O–H groups in total. The number of guanidine groups is 1. The molecule has 7 heteroatoms. The van der Waals surface area contributed by atoms with Gasteiger partial charge in [-0.15, -0.1) is 24.0 Å². The van der Waals surface area contributed by atoms with Crippen molar-refractivity contribution in [2.24, 2.45) is 4.99 Å². The highest BCUT2D eigenvalue weighted by atomic mass is 127. The van der Waals surface area contributed by atoms with Gasteiger partial charge in [-0.2, -0.15) is 0 Å². The molecule has 6 nitrogen and oxygen atoms in total. The van der Waals surface area contributed by atoms with Crippen LogP contribution in [0.15, 0.2) is 4.99 Å². The van der Waals surface area contributed by atoms with Gasteiger partial charge in [0.15, 0.2) is 5.96 Å². The molecule has 0 aromatic rings. The lowest BCUT2D eigenvalue weighted by Gasteiger charge is -2.23. The van der Waals surface area contributed by atoms with E-state index in [1.54, 1.807) is 7.11 Å². The number of likely N-dealkylation sites (tertiary alicyclic amines) is 1. The fourth-order valence-corrected chi connectivity index (χ4v) is 2.60. The second-order valence-corrected chi connectivity index (χ2v) is 5.26. The second kappa shape index (κ2) is 14.5. The summed E-state index contributed by atoms with van der Waals surface area (Å²) >= 11 is 0. The molecule has 1 rings (SSSR count). The number of ether oxygens (including phenoxy) is 2. The number of hydrogen-bond donors (Lipinski definition) is 2. The molecule has 0 radical (unpaired) electrons. The highest BCUT2D eigenvalue weighted by molar-refractivity contribution is 14.0. The predicted molar refractivity (Wildman–Crippen MR) is 102 cm³/mol. The van der Waals surface area contributed by atoms with Gasteiger partial charge < -0.3 is 20.1 Å². The Bertz CT molecular complexity index is 293. The number of methoxy groups -OCH3 is 1. The highest BCUT2D eigenvalue weighted by Gasteiger charge is 2.22. The minimum Gasteiger partial charge on any atom is -0.382 e. The largest absolute Gasteiger partial charge is 0.382 e. The summed E-state index contributed by atoms with van der Waals surface area (Å²) in [6.45, 7) is 8.51. The van der Waals surface area contributed by atoms with Crippen LogP contribution in [-0.4, -0.2) is 77.1 Å². The van der Waals surface area contributed by atoms with Gasteiger partial charge in [0.25, 0.3) is 0 Å². The van der Waals surface area contributed by atoms with Gasteiger partial charge in [-0.1, -0.05) is 6.92 Å². The van der Waals surface area contributed by atoms with Crippen molar-refractivity contribution in [3.63, 3.8) is 0 Å². The van der Waals surface area contributed by atoms with Gasteiger partial charge in [-0.05, 0) is 32.4 Å². The smallest absolute Gasteiger partial charge is 0.191 e. The second-order valence-electron chi connectivity index (χ2n) is 5.26. The molecule has 1 aliphatic heterocycles. The molecular formula is C15H33IN4O2. The van der Waals surface area contributed by atoms with E-state index in [2.05, 4.69) is 27.4 Å². The van der Waals surface area contributed by atoms with Crippen LogP contribution < -0.4 is 10.6 Å². The molecule has 0 amide bonds. The van der Waals surface area contributed by atoms with Crippen LogP contribution in [0.4, 0.5) is 0 Å². The van der Waals surface area contributed by atoms with Gasteiger partial charge in [-0.25, -0.2) is 0 Å². The summed E-state index contributed by atoms with van der Waals surface area (Å²) in [5.41, 5.74) is 0. The Morgan fingerprint density at radius 1 is 1.27 bits per heavy atom. The summed E-state index contributed by atoms with van der Waals surface area (Å²) in [7, 11) is 3.50. The van der Waals surface area contributed by atoms with Crippen LogP contribution in [0.2, 0.25) is 0 Å². The van der Waals surface area contributed by atoms with Gasteiger partial charge in [-0.3, -0.25) is 9.89 Å². The van der Waals surface area contributed by atoms with E-state index in [1.165, 1.54) is 19.4 Å². The zero-order valence-corrected chi connectivity index (χ0v) is 16.6. The molecule has 1 heterocycles. The first kappa shape index (κ1) is 21.9. The Morgan fingerprint density at radius 3 is 2.77 bits per heavy atom. The molecule has 0 aromatic carbocycles. The number of likely N-dealkylation sites (N-methyl/N-ethyl adjacent to an activating group) is 1. The lowest BCUT2D eigenvalue weighted by atomic mass is 10.2. The van der Waals surface area contributed by atoms with Crippen LogP contribution in [0.5, 0.6) is 0 Å². The van der Waals surface area contributed by atoms with Crippen molar-refractivity contribution in [3.05, 3.63) is 0 Å². The van der Waals surface area contributed by atoms with Crippen molar-refractivity contribution in [1.29, 1.82) is 0 Å². The summed E-state index contributed by atoms with van der Waals surface area (Å²) in [6, 6.07) is 0.644. The molecule has 1 aliphatic rings. The zero-order chi connectivity index (χ0) is 15.3. The first-order chi connectivity index (χ1) is 10.3. The lowest BCUT2D eigenvalue weighted by molar-refractivity contribution is 0.0698. The summed E-state index contributed by atoms with van der Waals surface area (Å²) in [5, 5.41) is 6.75. The minimum absolute atomic E-state index is 0. The van der Waals surface area contributed by atoms with E-state index >= 15 is 0 Å².